The molecule has 39 heavy (non-hydrogen) atoms. The first-order chi connectivity index (χ1) is 18.3. The summed E-state index contributed by atoms with van der Waals surface area (Å²) in [6.07, 6.45) is -3.67. The molecule has 13 heteroatoms. The van der Waals surface area contributed by atoms with Gasteiger partial charge in [-0.05, 0) is 53.3 Å². The Morgan fingerprint density at radius 1 is 1.08 bits per heavy atom. The number of nitrogens with zero attached hydrogens (tertiary/aromatic N) is 3. The summed E-state index contributed by atoms with van der Waals surface area (Å²) in [5.41, 5.74) is 5.02. The van der Waals surface area contributed by atoms with E-state index in [-0.39, 0.29) is 28.7 Å². The van der Waals surface area contributed by atoms with Crippen LogP contribution in [-0.4, -0.2) is 41.3 Å². The molecule has 0 bridgehead atoms. The van der Waals surface area contributed by atoms with Crippen LogP contribution in [0.2, 0.25) is 5.02 Å². The second-order valence-corrected chi connectivity index (χ2v) is 9.07. The van der Waals surface area contributed by atoms with Gasteiger partial charge in [0.05, 0.1) is 10.6 Å². The van der Waals surface area contributed by atoms with E-state index in [2.05, 4.69) is 21.1 Å². The first kappa shape index (κ1) is 35.2. The highest BCUT2D eigenvalue weighted by molar-refractivity contribution is 6.30. The highest BCUT2D eigenvalue weighted by Crippen LogP contribution is 2.40. The summed E-state index contributed by atoms with van der Waals surface area (Å²) in [6, 6.07) is 8.41. The van der Waals surface area contributed by atoms with Gasteiger partial charge >= 0.3 is 6.18 Å². The van der Waals surface area contributed by atoms with Crippen LogP contribution in [0.1, 0.15) is 53.5 Å². The van der Waals surface area contributed by atoms with Crippen molar-refractivity contribution in [2.45, 2.75) is 52.9 Å². The SMILES string of the molecule is C=O.C=O.CN.Cc1ccc(CNC(=O)c2nn(C(C)(C)C)c(Oc3ncc(Cl)cc3C(F)(F)F)c2C)cc1. The fourth-order valence-electron chi connectivity index (χ4n) is 3.05. The van der Waals surface area contributed by atoms with Gasteiger partial charge in [-0.3, -0.25) is 4.79 Å². The molecule has 1 aromatic carbocycles. The number of nitrogens with one attached hydrogen (secondary N) is 1. The molecule has 0 atom stereocenters. The number of rotatable bonds is 5. The monoisotopic (exact) mass is 571 g/mol. The largest absolute Gasteiger partial charge is 0.421 e. The van der Waals surface area contributed by atoms with E-state index in [0.717, 1.165) is 23.4 Å². The molecule has 1 amide bonds. The molecule has 0 saturated heterocycles. The standard InChI is InChI=1S/C23H24ClF3N4O2.CH5N.2CH2O/c1-13-6-8-15(9-7-13)11-28-19(32)18-14(2)21(31(30-18)22(3,4)5)33-20-17(23(25,26)27)10-16(24)12-29-20;3*1-2/h6-10,12H,11H2,1-5H3,(H,28,32);2H2,1H3;2*1H2. The molecule has 214 valence electrons. The maximum absolute atomic E-state index is 13.5. The Morgan fingerprint density at radius 2 is 1.62 bits per heavy atom. The lowest BCUT2D eigenvalue weighted by atomic mass is 10.1. The number of amides is 1. The van der Waals surface area contributed by atoms with Crippen molar-refractivity contribution < 1.29 is 32.3 Å². The van der Waals surface area contributed by atoms with E-state index in [1.807, 2.05) is 44.8 Å². The van der Waals surface area contributed by atoms with E-state index in [9.17, 15) is 18.0 Å². The Labute approximate surface area is 230 Å². The molecule has 3 aromatic rings. The molecule has 3 rings (SSSR count). The minimum Gasteiger partial charge on any atom is -0.420 e. The van der Waals surface area contributed by atoms with Crippen LogP contribution < -0.4 is 15.8 Å². The first-order valence-corrected chi connectivity index (χ1v) is 11.6. The van der Waals surface area contributed by atoms with Crippen molar-refractivity contribution >= 4 is 31.1 Å². The Bertz CT molecular complexity index is 1210. The predicted octanol–water partition coefficient (Wildman–Crippen LogP) is 5.25. The molecule has 0 spiro atoms. The van der Waals surface area contributed by atoms with Crippen molar-refractivity contribution in [1.82, 2.24) is 20.1 Å². The number of nitrogens with two attached hydrogens (primary N) is 1. The van der Waals surface area contributed by atoms with Crippen molar-refractivity contribution in [1.29, 1.82) is 0 Å². The predicted molar refractivity (Wildman–Crippen MR) is 143 cm³/mol. The van der Waals surface area contributed by atoms with Crippen LogP contribution in [0, 0.1) is 13.8 Å². The topological polar surface area (TPSA) is 129 Å². The molecule has 2 aromatic heterocycles. The molecule has 0 saturated carbocycles. The van der Waals surface area contributed by atoms with Crippen molar-refractivity contribution in [3.63, 3.8) is 0 Å². The lowest BCUT2D eigenvalue weighted by molar-refractivity contribution is -0.139. The molecule has 0 aliphatic rings. The van der Waals surface area contributed by atoms with Gasteiger partial charge in [-0.15, -0.1) is 0 Å². The maximum Gasteiger partial charge on any atom is 0.421 e. The number of benzene rings is 1. The molecule has 3 N–H and O–H groups in total. The minimum absolute atomic E-state index is 0.0108. The summed E-state index contributed by atoms with van der Waals surface area (Å²) >= 11 is 5.71. The van der Waals surface area contributed by atoms with Gasteiger partial charge in [-0.25, -0.2) is 9.67 Å². The van der Waals surface area contributed by atoms with Crippen LogP contribution in [0.5, 0.6) is 11.8 Å². The Balaban J connectivity index is 0.00000225. The van der Waals surface area contributed by atoms with Crippen LogP contribution in [0.3, 0.4) is 0 Å². The lowest BCUT2D eigenvalue weighted by Crippen LogP contribution is -2.26. The van der Waals surface area contributed by atoms with E-state index in [4.69, 9.17) is 25.9 Å². The number of hydrogen-bond acceptors (Lipinski definition) is 7. The van der Waals surface area contributed by atoms with E-state index < -0.39 is 29.1 Å². The maximum atomic E-state index is 13.5. The second-order valence-electron chi connectivity index (χ2n) is 8.64. The molecular formula is C26H33ClF3N5O4. The number of carbonyl (C=O) groups is 3. The van der Waals surface area contributed by atoms with Gasteiger partial charge in [0.1, 0.15) is 19.1 Å². The molecular weight excluding hydrogens is 539 g/mol. The number of pyridine rings is 1. The molecule has 0 aliphatic heterocycles. The normalized spacial score (nSPS) is 10.5. The first-order valence-electron chi connectivity index (χ1n) is 11.3. The number of alkyl halides is 3. The quantitative estimate of drug-likeness (QED) is 0.428. The fraction of sp³-hybridized carbons (Fsp3) is 0.346. The van der Waals surface area contributed by atoms with Gasteiger partial charge in [-0.2, -0.15) is 18.3 Å². The summed E-state index contributed by atoms with van der Waals surface area (Å²) in [4.78, 5) is 32.6. The van der Waals surface area contributed by atoms with Gasteiger partial charge < -0.3 is 25.4 Å². The summed E-state index contributed by atoms with van der Waals surface area (Å²) in [5.74, 6) is -1.16. The summed E-state index contributed by atoms with van der Waals surface area (Å²) in [6.45, 7) is 13.2. The third-order valence-corrected chi connectivity index (χ3v) is 5.02. The zero-order valence-corrected chi connectivity index (χ0v) is 23.4. The summed E-state index contributed by atoms with van der Waals surface area (Å²) in [7, 11) is 1.50. The third kappa shape index (κ3) is 9.80. The smallest absolute Gasteiger partial charge is 0.420 e. The van der Waals surface area contributed by atoms with Gasteiger partial charge in [0, 0.05) is 18.3 Å². The number of halogens is 4. The van der Waals surface area contributed by atoms with Crippen LogP contribution in [0.4, 0.5) is 13.2 Å². The highest BCUT2D eigenvalue weighted by atomic mass is 35.5. The number of carbonyl (C=O) groups excluding carboxylic acids is 3. The van der Waals surface area contributed by atoms with E-state index in [1.54, 1.807) is 27.7 Å². The van der Waals surface area contributed by atoms with Gasteiger partial charge in [0.25, 0.3) is 5.91 Å². The molecule has 0 aliphatic carbocycles. The molecule has 9 nitrogen and oxygen atoms in total. The zero-order valence-electron chi connectivity index (χ0n) is 22.6. The average Bonchev–Trinajstić information content (AvgIpc) is 3.24. The number of hydrogen-bond donors (Lipinski definition) is 2. The fourth-order valence-corrected chi connectivity index (χ4v) is 3.20. The average molecular weight is 572 g/mol. The van der Waals surface area contributed by atoms with Gasteiger partial charge in [-0.1, -0.05) is 41.4 Å². The molecule has 0 fully saturated rings. The summed E-state index contributed by atoms with van der Waals surface area (Å²) < 4.78 is 47.6. The number of ether oxygens (including phenoxy) is 1. The van der Waals surface area contributed by atoms with E-state index >= 15 is 0 Å². The Hall–Kier alpha value is -3.77. The van der Waals surface area contributed by atoms with Crippen molar-refractivity contribution in [3.05, 3.63) is 69.5 Å². The molecule has 2 heterocycles. The molecule has 0 unspecified atom stereocenters. The van der Waals surface area contributed by atoms with Crippen molar-refractivity contribution in [3.8, 4) is 11.8 Å². The van der Waals surface area contributed by atoms with Crippen molar-refractivity contribution in [2.24, 2.45) is 5.73 Å². The zero-order chi connectivity index (χ0) is 30.6. The lowest BCUT2D eigenvalue weighted by Gasteiger charge is -2.22. The van der Waals surface area contributed by atoms with Crippen LogP contribution in [-0.2, 0) is 27.8 Å². The van der Waals surface area contributed by atoms with Crippen molar-refractivity contribution in [2.75, 3.05) is 7.05 Å². The third-order valence-electron chi connectivity index (χ3n) is 4.81. The summed E-state index contributed by atoms with van der Waals surface area (Å²) in [5, 5.41) is 6.97. The Kier molecular flexibility index (Phi) is 14.1. The number of aryl methyl sites for hydroxylation is 1. The van der Waals surface area contributed by atoms with Crippen LogP contribution in [0.25, 0.3) is 0 Å². The van der Waals surface area contributed by atoms with Gasteiger partial charge in [0.2, 0.25) is 11.8 Å². The van der Waals surface area contributed by atoms with E-state index in [1.165, 1.54) is 11.7 Å². The van der Waals surface area contributed by atoms with Crippen LogP contribution in [0.15, 0.2) is 36.5 Å². The molecule has 0 radical (unpaired) electrons. The highest BCUT2D eigenvalue weighted by Gasteiger charge is 2.37. The number of aromatic nitrogens is 3. The minimum atomic E-state index is -4.73. The second kappa shape index (κ2) is 15.6. The van der Waals surface area contributed by atoms with E-state index in [0.29, 0.717) is 0 Å². The van der Waals surface area contributed by atoms with Gasteiger partial charge in [0.15, 0.2) is 5.69 Å². The Morgan fingerprint density at radius 3 is 2.10 bits per heavy atom. The van der Waals surface area contributed by atoms with Crippen LogP contribution >= 0.6 is 11.6 Å².